The van der Waals surface area contributed by atoms with Crippen LogP contribution in [0.25, 0.3) is 0 Å². The first-order valence-corrected chi connectivity index (χ1v) is 11.1. The number of rotatable bonds is 6. The Hall–Kier alpha value is -2.91. The van der Waals surface area contributed by atoms with Gasteiger partial charge in [0.1, 0.15) is 5.75 Å². The third-order valence-electron chi connectivity index (χ3n) is 4.83. The summed E-state index contributed by atoms with van der Waals surface area (Å²) in [5.41, 5.74) is 0.956. The highest BCUT2D eigenvalue weighted by Crippen LogP contribution is 2.28. The van der Waals surface area contributed by atoms with Crippen LogP contribution in [0.15, 0.2) is 47.4 Å². The molecule has 0 radical (unpaired) electrons. The van der Waals surface area contributed by atoms with Crippen molar-refractivity contribution in [1.82, 2.24) is 4.31 Å². The van der Waals surface area contributed by atoms with Crippen molar-refractivity contribution >= 4 is 33.2 Å². The lowest BCUT2D eigenvalue weighted by Crippen LogP contribution is -2.35. The van der Waals surface area contributed by atoms with Gasteiger partial charge < -0.3 is 15.4 Å². The van der Waals surface area contributed by atoms with Crippen LogP contribution in [0.5, 0.6) is 5.75 Å². The maximum atomic E-state index is 12.9. The van der Waals surface area contributed by atoms with Crippen molar-refractivity contribution in [3.05, 3.63) is 48.0 Å². The highest BCUT2D eigenvalue weighted by molar-refractivity contribution is 7.89. The number of hydrogen-bond donors (Lipinski definition) is 2. The van der Waals surface area contributed by atoms with Gasteiger partial charge in [-0.2, -0.15) is 4.31 Å². The van der Waals surface area contributed by atoms with Crippen molar-refractivity contribution in [3.8, 4) is 5.75 Å². The van der Waals surface area contributed by atoms with E-state index in [1.54, 1.807) is 30.3 Å². The molecule has 160 valence electrons. The maximum absolute atomic E-state index is 12.9. The molecule has 9 heteroatoms. The van der Waals surface area contributed by atoms with E-state index in [4.69, 9.17) is 4.74 Å². The average molecular weight is 432 g/mol. The second-order valence-corrected chi connectivity index (χ2v) is 8.98. The first kappa shape index (κ1) is 21.8. The fourth-order valence-electron chi connectivity index (χ4n) is 3.30. The Kier molecular flexibility index (Phi) is 6.73. The Balaban J connectivity index is 1.86. The molecule has 1 aliphatic rings. The Bertz CT molecular complexity index is 1050. The molecule has 2 amide bonds. The minimum absolute atomic E-state index is 0.0878. The van der Waals surface area contributed by atoms with Gasteiger partial charge in [-0.3, -0.25) is 9.59 Å². The molecule has 2 aromatic carbocycles. The predicted molar refractivity (Wildman–Crippen MR) is 114 cm³/mol. The third-order valence-corrected chi connectivity index (χ3v) is 6.73. The summed E-state index contributed by atoms with van der Waals surface area (Å²) in [5, 5.41) is 5.37. The van der Waals surface area contributed by atoms with Gasteiger partial charge in [-0.05, 0) is 43.2 Å². The van der Waals surface area contributed by atoms with Crippen molar-refractivity contribution < 1.29 is 22.7 Å². The van der Waals surface area contributed by atoms with E-state index in [-0.39, 0.29) is 16.4 Å². The minimum atomic E-state index is -3.65. The number of nitrogens with zero attached hydrogens (tertiary/aromatic N) is 1. The van der Waals surface area contributed by atoms with Crippen molar-refractivity contribution in [2.45, 2.75) is 31.1 Å². The van der Waals surface area contributed by atoms with Crippen LogP contribution in [0.4, 0.5) is 11.4 Å². The fraction of sp³-hybridized carbons (Fsp3) is 0.333. The molecule has 2 aromatic rings. The zero-order chi connectivity index (χ0) is 21.7. The normalized spacial score (nSPS) is 14.7. The lowest BCUT2D eigenvalue weighted by molar-refractivity contribution is -0.114. The first-order chi connectivity index (χ1) is 14.3. The number of carbonyl (C=O) groups is 2. The van der Waals surface area contributed by atoms with Crippen molar-refractivity contribution in [3.63, 3.8) is 0 Å². The standard InChI is InChI=1S/C21H25N3O5S/c1-15(25)22-19-10-9-17(29-2)14-20(19)23-21(26)16-7-6-8-18(13-16)30(27,28)24-11-4-3-5-12-24/h6-10,13-14H,3-5,11-12H2,1-2H3,(H,22,25)(H,23,26). The molecular formula is C21H25N3O5S. The van der Waals surface area contributed by atoms with E-state index in [1.165, 1.54) is 30.5 Å². The number of sulfonamides is 1. The van der Waals surface area contributed by atoms with Gasteiger partial charge in [0.25, 0.3) is 5.91 Å². The van der Waals surface area contributed by atoms with Gasteiger partial charge in [0.2, 0.25) is 15.9 Å². The zero-order valence-electron chi connectivity index (χ0n) is 17.0. The Labute approximate surface area is 176 Å². The van der Waals surface area contributed by atoms with Crippen LogP contribution in [-0.2, 0) is 14.8 Å². The van der Waals surface area contributed by atoms with E-state index in [0.717, 1.165) is 19.3 Å². The monoisotopic (exact) mass is 431 g/mol. The van der Waals surface area contributed by atoms with E-state index in [2.05, 4.69) is 10.6 Å². The van der Waals surface area contributed by atoms with E-state index in [9.17, 15) is 18.0 Å². The zero-order valence-corrected chi connectivity index (χ0v) is 17.8. The molecule has 1 aliphatic heterocycles. The predicted octanol–water partition coefficient (Wildman–Crippen LogP) is 3.08. The second-order valence-electron chi connectivity index (χ2n) is 7.04. The number of piperidine rings is 1. The van der Waals surface area contributed by atoms with Crippen LogP contribution in [-0.4, -0.2) is 44.7 Å². The number of carbonyl (C=O) groups excluding carboxylic acids is 2. The van der Waals surface area contributed by atoms with E-state index in [0.29, 0.717) is 30.2 Å². The average Bonchev–Trinajstić information content (AvgIpc) is 2.75. The topological polar surface area (TPSA) is 105 Å². The van der Waals surface area contributed by atoms with Crippen LogP contribution in [0.3, 0.4) is 0 Å². The van der Waals surface area contributed by atoms with Gasteiger partial charge in [-0.25, -0.2) is 8.42 Å². The Morgan fingerprint density at radius 1 is 0.967 bits per heavy atom. The Morgan fingerprint density at radius 2 is 1.70 bits per heavy atom. The molecule has 1 fully saturated rings. The first-order valence-electron chi connectivity index (χ1n) is 9.68. The van der Waals surface area contributed by atoms with E-state index >= 15 is 0 Å². The fourth-order valence-corrected chi connectivity index (χ4v) is 4.86. The molecule has 1 saturated heterocycles. The molecule has 3 rings (SSSR count). The van der Waals surface area contributed by atoms with Crippen LogP contribution >= 0.6 is 0 Å². The van der Waals surface area contributed by atoms with Crippen molar-refractivity contribution in [2.24, 2.45) is 0 Å². The number of amides is 2. The van der Waals surface area contributed by atoms with Gasteiger partial charge in [0.05, 0.1) is 23.4 Å². The van der Waals surface area contributed by atoms with Gasteiger partial charge in [-0.1, -0.05) is 12.5 Å². The Morgan fingerprint density at radius 3 is 2.37 bits per heavy atom. The number of hydrogen-bond acceptors (Lipinski definition) is 5. The van der Waals surface area contributed by atoms with Crippen LogP contribution in [0.1, 0.15) is 36.5 Å². The summed E-state index contributed by atoms with van der Waals surface area (Å²) in [6.07, 6.45) is 2.69. The highest BCUT2D eigenvalue weighted by Gasteiger charge is 2.26. The number of anilines is 2. The van der Waals surface area contributed by atoms with E-state index < -0.39 is 15.9 Å². The van der Waals surface area contributed by atoms with Crippen molar-refractivity contribution in [1.29, 1.82) is 0 Å². The summed E-state index contributed by atoms with van der Waals surface area (Å²) in [5.74, 6) is -0.281. The molecule has 1 heterocycles. The van der Waals surface area contributed by atoms with Crippen LogP contribution in [0, 0.1) is 0 Å². The molecule has 8 nitrogen and oxygen atoms in total. The lowest BCUT2D eigenvalue weighted by Gasteiger charge is -2.26. The third kappa shape index (κ3) is 4.98. The molecular weight excluding hydrogens is 406 g/mol. The number of nitrogens with one attached hydrogen (secondary N) is 2. The number of ether oxygens (including phenoxy) is 1. The van der Waals surface area contributed by atoms with Gasteiger partial charge in [-0.15, -0.1) is 0 Å². The summed E-state index contributed by atoms with van der Waals surface area (Å²) >= 11 is 0. The summed E-state index contributed by atoms with van der Waals surface area (Å²) in [7, 11) is -2.16. The molecule has 30 heavy (non-hydrogen) atoms. The largest absolute Gasteiger partial charge is 0.497 e. The van der Waals surface area contributed by atoms with Gasteiger partial charge in [0.15, 0.2) is 0 Å². The second kappa shape index (κ2) is 9.27. The minimum Gasteiger partial charge on any atom is -0.497 e. The number of methoxy groups -OCH3 is 1. The molecule has 0 spiro atoms. The smallest absolute Gasteiger partial charge is 0.255 e. The summed E-state index contributed by atoms with van der Waals surface area (Å²) in [4.78, 5) is 24.4. The summed E-state index contributed by atoms with van der Waals surface area (Å²) in [6, 6.07) is 10.8. The molecule has 0 bridgehead atoms. The van der Waals surface area contributed by atoms with Gasteiger partial charge >= 0.3 is 0 Å². The van der Waals surface area contributed by atoms with Gasteiger partial charge in [0, 0.05) is 31.6 Å². The van der Waals surface area contributed by atoms with Crippen molar-refractivity contribution in [2.75, 3.05) is 30.8 Å². The molecule has 0 aliphatic carbocycles. The molecule has 0 aromatic heterocycles. The molecule has 0 saturated carbocycles. The summed E-state index contributed by atoms with van der Waals surface area (Å²) < 4.78 is 32.5. The molecule has 0 unspecified atom stereocenters. The number of benzene rings is 2. The highest BCUT2D eigenvalue weighted by atomic mass is 32.2. The molecule has 2 N–H and O–H groups in total. The quantitative estimate of drug-likeness (QED) is 0.731. The SMILES string of the molecule is COc1ccc(NC(C)=O)c(NC(=O)c2cccc(S(=O)(=O)N3CCCCC3)c2)c1. The maximum Gasteiger partial charge on any atom is 0.255 e. The molecule has 0 atom stereocenters. The summed E-state index contributed by atoms with van der Waals surface area (Å²) in [6.45, 7) is 2.34. The van der Waals surface area contributed by atoms with E-state index in [1.807, 2.05) is 0 Å². The van der Waals surface area contributed by atoms with Crippen LogP contribution in [0.2, 0.25) is 0 Å². The lowest BCUT2D eigenvalue weighted by atomic mass is 10.2. The van der Waals surface area contributed by atoms with Crippen LogP contribution < -0.4 is 15.4 Å².